The summed E-state index contributed by atoms with van der Waals surface area (Å²) in [4.78, 5) is 38.8. The van der Waals surface area contributed by atoms with E-state index in [1.165, 1.54) is 41.3 Å². The first-order valence-electron chi connectivity index (χ1n) is 12.5. The molecule has 3 rings (SSSR count). The number of nitro groups is 1. The Morgan fingerprint density at radius 3 is 2.12 bits per heavy atom. The van der Waals surface area contributed by atoms with E-state index in [0.29, 0.717) is 10.6 Å². The van der Waals surface area contributed by atoms with E-state index in [0.717, 1.165) is 16.4 Å². The van der Waals surface area contributed by atoms with Gasteiger partial charge in [-0.15, -0.1) is 0 Å². The lowest BCUT2D eigenvalue weighted by molar-refractivity contribution is -0.384. The molecule has 1 atom stereocenters. The number of sulfonamides is 1. The van der Waals surface area contributed by atoms with Crippen molar-refractivity contribution in [3.05, 3.63) is 98.5 Å². The van der Waals surface area contributed by atoms with Gasteiger partial charge in [0.05, 0.1) is 25.6 Å². The van der Waals surface area contributed by atoms with Crippen LogP contribution in [0.4, 0.5) is 11.4 Å². The van der Waals surface area contributed by atoms with Gasteiger partial charge in [-0.2, -0.15) is 0 Å². The van der Waals surface area contributed by atoms with Gasteiger partial charge in [-0.1, -0.05) is 47.5 Å². The molecule has 0 bridgehead atoms. The van der Waals surface area contributed by atoms with Gasteiger partial charge in [-0.25, -0.2) is 8.42 Å². The molecule has 0 radical (unpaired) electrons. The molecule has 0 aliphatic heterocycles. The van der Waals surface area contributed by atoms with Gasteiger partial charge in [0.2, 0.25) is 11.8 Å². The quantitative estimate of drug-likeness (QED) is 0.238. The Morgan fingerprint density at radius 2 is 1.59 bits per heavy atom. The third-order valence-electron chi connectivity index (χ3n) is 5.96. The van der Waals surface area contributed by atoms with Crippen LogP contribution in [0.5, 0.6) is 0 Å². The van der Waals surface area contributed by atoms with Crippen molar-refractivity contribution >= 4 is 56.4 Å². The van der Waals surface area contributed by atoms with Crippen LogP contribution in [0.1, 0.15) is 33.3 Å². The van der Waals surface area contributed by atoms with Crippen molar-refractivity contribution < 1.29 is 22.9 Å². The molecule has 0 aromatic heterocycles. The van der Waals surface area contributed by atoms with Gasteiger partial charge in [-0.3, -0.25) is 24.0 Å². The van der Waals surface area contributed by atoms with E-state index in [1.54, 1.807) is 52.0 Å². The Labute approximate surface area is 249 Å². The summed E-state index contributed by atoms with van der Waals surface area (Å²) in [6.07, 6.45) is 0. The van der Waals surface area contributed by atoms with Gasteiger partial charge in [0.1, 0.15) is 12.6 Å². The number of hydrogen-bond acceptors (Lipinski definition) is 6. The number of rotatable bonds is 10. The number of halogens is 2. The highest BCUT2D eigenvalue weighted by Crippen LogP contribution is 2.27. The molecular weight excluding hydrogens is 591 g/mol. The summed E-state index contributed by atoms with van der Waals surface area (Å²) in [5, 5.41) is 14.6. The fraction of sp³-hybridized carbons (Fsp3) is 0.286. The molecule has 0 aliphatic carbocycles. The van der Waals surface area contributed by atoms with Crippen LogP contribution in [-0.2, 0) is 26.2 Å². The van der Waals surface area contributed by atoms with Gasteiger partial charge in [-0.05, 0) is 69.7 Å². The van der Waals surface area contributed by atoms with Crippen LogP contribution >= 0.6 is 23.2 Å². The second-order valence-electron chi connectivity index (χ2n) is 10.3. The number of anilines is 1. The van der Waals surface area contributed by atoms with E-state index in [9.17, 15) is 28.1 Å². The Kier molecular flexibility index (Phi) is 10.0. The Hall–Kier alpha value is -3.67. The van der Waals surface area contributed by atoms with Crippen LogP contribution in [0.3, 0.4) is 0 Å². The first kappa shape index (κ1) is 31.9. The Bertz CT molecular complexity index is 1530. The number of non-ortho nitro benzene ring substituents is 1. The molecule has 41 heavy (non-hydrogen) atoms. The molecule has 0 saturated heterocycles. The SMILES string of the molecule is C[C@H](C(=O)NC(C)(C)C)N(Cc1ccc(Cl)c(Cl)c1)C(=O)CN(c1ccc([N+](=O)[O-])cc1)S(=O)(=O)c1ccccc1. The molecule has 3 aromatic rings. The van der Waals surface area contributed by atoms with Crippen LogP contribution in [0.25, 0.3) is 0 Å². The van der Waals surface area contributed by atoms with Crippen molar-refractivity contribution in [2.45, 2.75) is 50.7 Å². The van der Waals surface area contributed by atoms with Crippen molar-refractivity contribution in [3.8, 4) is 0 Å². The summed E-state index contributed by atoms with van der Waals surface area (Å²) in [6.45, 7) is 6.17. The molecule has 13 heteroatoms. The van der Waals surface area contributed by atoms with Crippen molar-refractivity contribution in [2.75, 3.05) is 10.8 Å². The fourth-order valence-electron chi connectivity index (χ4n) is 3.88. The minimum Gasteiger partial charge on any atom is -0.350 e. The summed E-state index contributed by atoms with van der Waals surface area (Å²) in [7, 11) is -4.30. The minimum absolute atomic E-state index is 0.0362. The van der Waals surface area contributed by atoms with Gasteiger partial charge in [0.25, 0.3) is 15.7 Å². The van der Waals surface area contributed by atoms with Crippen molar-refractivity contribution in [2.24, 2.45) is 0 Å². The number of carbonyl (C=O) groups is 2. The summed E-state index contributed by atoms with van der Waals surface area (Å²) in [6, 6.07) is 16.1. The van der Waals surface area contributed by atoms with E-state index in [1.807, 2.05) is 0 Å². The van der Waals surface area contributed by atoms with Gasteiger partial charge in [0, 0.05) is 24.2 Å². The molecule has 218 valence electrons. The number of carbonyl (C=O) groups excluding carboxylic acids is 2. The average Bonchev–Trinajstić information content (AvgIpc) is 2.91. The van der Waals surface area contributed by atoms with E-state index >= 15 is 0 Å². The Morgan fingerprint density at radius 1 is 0.976 bits per heavy atom. The molecule has 0 unspecified atom stereocenters. The molecule has 2 amide bonds. The molecule has 0 saturated carbocycles. The zero-order valence-corrected chi connectivity index (χ0v) is 25.2. The van der Waals surface area contributed by atoms with Crippen molar-refractivity contribution in [3.63, 3.8) is 0 Å². The van der Waals surface area contributed by atoms with Gasteiger partial charge < -0.3 is 10.2 Å². The molecule has 0 aliphatic rings. The summed E-state index contributed by atoms with van der Waals surface area (Å²) >= 11 is 12.2. The lowest BCUT2D eigenvalue weighted by atomic mass is 10.1. The topological polar surface area (TPSA) is 130 Å². The van der Waals surface area contributed by atoms with E-state index in [4.69, 9.17) is 23.2 Å². The predicted molar refractivity (Wildman–Crippen MR) is 158 cm³/mol. The van der Waals surface area contributed by atoms with Crippen LogP contribution in [0.15, 0.2) is 77.7 Å². The van der Waals surface area contributed by atoms with Gasteiger partial charge in [0.15, 0.2) is 0 Å². The maximum Gasteiger partial charge on any atom is 0.269 e. The van der Waals surface area contributed by atoms with E-state index in [2.05, 4.69) is 5.32 Å². The fourth-order valence-corrected chi connectivity index (χ4v) is 5.64. The second-order valence-corrected chi connectivity index (χ2v) is 13.0. The van der Waals surface area contributed by atoms with Crippen LogP contribution in [-0.4, -0.2) is 48.2 Å². The molecule has 0 spiro atoms. The molecule has 3 aromatic carbocycles. The van der Waals surface area contributed by atoms with E-state index in [-0.39, 0.29) is 27.8 Å². The zero-order valence-electron chi connectivity index (χ0n) is 22.9. The highest BCUT2D eigenvalue weighted by atomic mass is 35.5. The second kappa shape index (κ2) is 12.9. The monoisotopic (exact) mass is 620 g/mol. The van der Waals surface area contributed by atoms with Crippen LogP contribution < -0.4 is 9.62 Å². The van der Waals surface area contributed by atoms with Crippen LogP contribution in [0, 0.1) is 10.1 Å². The summed E-state index contributed by atoms with van der Waals surface area (Å²) in [5.41, 5.74) is -0.235. The molecule has 0 heterocycles. The van der Waals surface area contributed by atoms with Gasteiger partial charge >= 0.3 is 0 Å². The number of nitrogens with one attached hydrogen (secondary N) is 1. The number of hydrogen-bond donors (Lipinski definition) is 1. The minimum atomic E-state index is -4.30. The largest absolute Gasteiger partial charge is 0.350 e. The number of nitro benzene ring substituents is 1. The first-order valence-corrected chi connectivity index (χ1v) is 14.7. The highest BCUT2D eigenvalue weighted by Gasteiger charge is 2.33. The summed E-state index contributed by atoms with van der Waals surface area (Å²) < 4.78 is 28.4. The molecule has 0 fully saturated rings. The third-order valence-corrected chi connectivity index (χ3v) is 8.49. The smallest absolute Gasteiger partial charge is 0.269 e. The van der Waals surface area contributed by atoms with E-state index < -0.39 is 44.9 Å². The molecular formula is C28H30Cl2N4O6S. The number of benzene rings is 3. The van der Waals surface area contributed by atoms with Crippen molar-refractivity contribution in [1.29, 1.82) is 0 Å². The predicted octanol–water partition coefficient (Wildman–Crippen LogP) is 5.43. The molecule has 10 nitrogen and oxygen atoms in total. The maximum atomic E-state index is 13.9. The lowest BCUT2D eigenvalue weighted by Crippen LogP contribution is -2.54. The third kappa shape index (κ3) is 8.18. The highest BCUT2D eigenvalue weighted by molar-refractivity contribution is 7.92. The Balaban J connectivity index is 2.06. The standard InChI is InChI=1S/C28H30Cl2N4O6S/c1-19(27(36)31-28(2,3)4)32(17-20-10-15-24(29)25(30)16-20)26(35)18-33(21-11-13-22(14-12-21)34(37)38)41(39,40)23-8-6-5-7-9-23/h5-16,19H,17-18H2,1-4H3,(H,31,36)/t19-/m1/s1. The zero-order chi connectivity index (χ0) is 30.5. The molecule has 1 N–H and O–H groups in total. The van der Waals surface area contributed by atoms with Crippen molar-refractivity contribution in [1.82, 2.24) is 10.2 Å². The number of nitrogens with zero attached hydrogens (tertiary/aromatic N) is 3. The first-order chi connectivity index (χ1) is 19.1. The lowest BCUT2D eigenvalue weighted by Gasteiger charge is -2.33. The summed E-state index contributed by atoms with van der Waals surface area (Å²) in [5.74, 6) is -1.13. The average molecular weight is 622 g/mol. The maximum absolute atomic E-state index is 13.9. The normalized spacial score (nSPS) is 12.3. The number of amides is 2. The van der Waals surface area contributed by atoms with Crippen LogP contribution in [0.2, 0.25) is 10.0 Å².